The average Bonchev–Trinajstić information content (AvgIpc) is 3.47. The number of fused-ring (bicyclic) bond motifs is 6. The molecular formula is C45H48N2O4. The van der Waals surface area contributed by atoms with E-state index in [0.717, 1.165) is 58.5 Å². The maximum absolute atomic E-state index is 14.1. The van der Waals surface area contributed by atoms with Gasteiger partial charge in [0.05, 0.1) is 11.8 Å². The maximum atomic E-state index is 14.1. The Morgan fingerprint density at radius 1 is 0.804 bits per heavy atom. The van der Waals surface area contributed by atoms with Gasteiger partial charge >= 0.3 is 5.97 Å². The number of hydrogen-bond donors (Lipinski definition) is 1. The van der Waals surface area contributed by atoms with Crippen LogP contribution in [0, 0.1) is 0 Å². The molecule has 6 nitrogen and oxygen atoms in total. The second-order valence-electron chi connectivity index (χ2n) is 15.4. The fourth-order valence-electron chi connectivity index (χ4n) is 8.70. The smallest absolute Gasteiger partial charge is 0.305 e. The lowest BCUT2D eigenvalue weighted by molar-refractivity contribution is -0.438. The van der Waals surface area contributed by atoms with E-state index < -0.39 is 16.8 Å². The normalized spacial score (nSPS) is 19.1. The van der Waals surface area contributed by atoms with Crippen LogP contribution in [-0.4, -0.2) is 40.2 Å². The van der Waals surface area contributed by atoms with Crippen LogP contribution in [0.2, 0.25) is 0 Å². The zero-order valence-corrected chi connectivity index (χ0v) is 30.5. The summed E-state index contributed by atoms with van der Waals surface area (Å²) >= 11 is 0. The van der Waals surface area contributed by atoms with E-state index >= 15 is 0 Å². The van der Waals surface area contributed by atoms with Crippen LogP contribution in [0.1, 0.15) is 90.7 Å². The number of carbonyl (C=O) groups excluding carboxylic acids is 1. The summed E-state index contributed by atoms with van der Waals surface area (Å²) in [5.41, 5.74) is 5.50. The van der Waals surface area contributed by atoms with Crippen LogP contribution in [0.25, 0.3) is 21.5 Å². The van der Waals surface area contributed by atoms with E-state index in [9.17, 15) is 19.8 Å². The van der Waals surface area contributed by atoms with E-state index in [4.69, 9.17) is 0 Å². The number of ketones is 1. The molecule has 51 heavy (non-hydrogen) atoms. The summed E-state index contributed by atoms with van der Waals surface area (Å²) < 4.78 is 2.35. The first-order valence-electron chi connectivity index (χ1n) is 18.6. The highest BCUT2D eigenvalue weighted by molar-refractivity contribution is 6.24. The molecular weight excluding hydrogens is 633 g/mol. The van der Waals surface area contributed by atoms with Gasteiger partial charge in [0.15, 0.2) is 11.5 Å². The van der Waals surface area contributed by atoms with Gasteiger partial charge in [-0.25, -0.2) is 0 Å². The molecule has 2 heterocycles. The van der Waals surface area contributed by atoms with Crippen LogP contribution in [0.5, 0.6) is 0 Å². The number of carboxylic acid groups (broad SMARTS) is 1. The standard InChI is InChI=1S/C45H48N2O4/c1-6-7-8-9-10-15-25-46-35-22-20-29-16-11-13-18-31(29)40(35)44(2,3)37(46)27-33-42(50)34(43(33)51)28-38-45(4,5)41-32-19-14-12-17-30(32)21-23-36(41)47(38)26-24-39(48)49/h11-14,16-23,27-28H,6-10,15,24-26H2,1-5H3,(H-,48,49,50,51). The van der Waals surface area contributed by atoms with Gasteiger partial charge in [0, 0.05) is 58.6 Å². The topological polar surface area (TPSA) is 83.7 Å². The first kappa shape index (κ1) is 34.5. The van der Waals surface area contributed by atoms with Crippen molar-refractivity contribution in [2.24, 2.45) is 0 Å². The molecule has 0 amide bonds. The minimum absolute atomic E-state index is 0.0703. The van der Waals surface area contributed by atoms with E-state index in [-0.39, 0.29) is 35.7 Å². The van der Waals surface area contributed by atoms with Crippen LogP contribution < -0.4 is 10.0 Å². The van der Waals surface area contributed by atoms with Crippen molar-refractivity contribution in [3.63, 3.8) is 0 Å². The summed E-state index contributed by atoms with van der Waals surface area (Å²) in [4.78, 5) is 27.8. The van der Waals surface area contributed by atoms with Crippen molar-refractivity contribution in [2.45, 2.75) is 90.4 Å². The van der Waals surface area contributed by atoms with Crippen LogP contribution in [0.15, 0.2) is 108 Å². The molecule has 0 fully saturated rings. The van der Waals surface area contributed by atoms with Crippen LogP contribution in [0.4, 0.5) is 11.4 Å². The number of rotatable bonds is 12. The number of carbonyl (C=O) groups is 2. The molecule has 0 saturated heterocycles. The highest BCUT2D eigenvalue weighted by Crippen LogP contribution is 2.52. The number of benzene rings is 4. The predicted molar refractivity (Wildman–Crippen MR) is 205 cm³/mol. The molecule has 0 bridgehead atoms. The first-order chi connectivity index (χ1) is 24.5. The molecule has 6 heteroatoms. The Bertz CT molecular complexity index is 2210. The third-order valence-corrected chi connectivity index (χ3v) is 11.3. The van der Waals surface area contributed by atoms with Gasteiger partial charge < -0.3 is 15.1 Å². The summed E-state index contributed by atoms with van der Waals surface area (Å²) in [6.07, 6.45) is 10.6. The van der Waals surface area contributed by atoms with Gasteiger partial charge in [0.2, 0.25) is 5.69 Å². The lowest BCUT2D eigenvalue weighted by Crippen LogP contribution is -2.35. The van der Waals surface area contributed by atoms with Crippen molar-refractivity contribution >= 4 is 50.4 Å². The minimum Gasteiger partial charge on any atom is -0.871 e. The van der Waals surface area contributed by atoms with Crippen molar-refractivity contribution < 1.29 is 24.4 Å². The van der Waals surface area contributed by atoms with Gasteiger partial charge in [-0.05, 0) is 65.6 Å². The lowest BCUT2D eigenvalue weighted by Gasteiger charge is -2.33. The fraction of sp³-hybridized carbons (Fsp3) is 0.356. The van der Waals surface area contributed by atoms with E-state index in [1.54, 1.807) is 6.08 Å². The van der Waals surface area contributed by atoms with Gasteiger partial charge in [-0.3, -0.25) is 9.59 Å². The number of allylic oxidation sites excluding steroid dienone is 5. The zero-order chi connectivity index (χ0) is 36.1. The third kappa shape index (κ3) is 5.79. The maximum Gasteiger partial charge on any atom is 0.305 e. The van der Waals surface area contributed by atoms with E-state index in [0.29, 0.717) is 0 Å². The van der Waals surface area contributed by atoms with E-state index in [2.05, 4.69) is 87.7 Å². The molecule has 4 aromatic carbocycles. The molecule has 0 atom stereocenters. The summed E-state index contributed by atoms with van der Waals surface area (Å²) in [5, 5.41) is 28.2. The largest absolute Gasteiger partial charge is 0.871 e. The van der Waals surface area contributed by atoms with Gasteiger partial charge in [0.1, 0.15) is 6.54 Å². The van der Waals surface area contributed by atoms with Crippen molar-refractivity contribution in [1.82, 2.24) is 0 Å². The summed E-state index contributed by atoms with van der Waals surface area (Å²) in [7, 11) is 0. The number of carboxylic acids is 1. The third-order valence-electron chi connectivity index (χ3n) is 11.3. The molecule has 4 aromatic rings. The fourth-order valence-corrected chi connectivity index (χ4v) is 8.70. The SMILES string of the molecule is CCCCCCCC[N+]1=C(/C=C2/C(=O)C(/C=C3/N(CCC(=O)O)c4ccc5ccccc5c4C3(C)C)=C2[O-])C(C)(C)c2c1ccc1ccccc21. The van der Waals surface area contributed by atoms with Gasteiger partial charge in [0.25, 0.3) is 0 Å². The minimum atomic E-state index is -0.898. The molecule has 262 valence electrons. The number of anilines is 1. The highest BCUT2D eigenvalue weighted by atomic mass is 16.4. The molecule has 0 unspecified atom stereocenters. The Kier molecular flexibility index (Phi) is 8.99. The average molecular weight is 681 g/mol. The van der Waals surface area contributed by atoms with Gasteiger partial charge in [-0.2, -0.15) is 4.58 Å². The molecule has 1 aliphatic carbocycles. The summed E-state index contributed by atoms with van der Waals surface area (Å²) in [6, 6.07) is 25.1. The Hall–Kier alpha value is -4.97. The second kappa shape index (κ2) is 13.3. The number of unbranched alkanes of at least 4 members (excludes halogenated alkanes) is 5. The molecule has 0 saturated carbocycles. The Labute approximate surface area is 301 Å². The summed E-state index contributed by atoms with van der Waals surface area (Å²) in [5.74, 6) is -1.41. The molecule has 2 aliphatic heterocycles. The molecule has 7 rings (SSSR count). The lowest BCUT2D eigenvalue weighted by atomic mass is 9.76. The quantitative estimate of drug-likeness (QED) is 0.0918. The molecule has 0 radical (unpaired) electrons. The van der Waals surface area contributed by atoms with Crippen molar-refractivity contribution in [2.75, 3.05) is 18.0 Å². The summed E-state index contributed by atoms with van der Waals surface area (Å²) in [6.45, 7) is 11.9. The van der Waals surface area contributed by atoms with Crippen LogP contribution in [0.3, 0.4) is 0 Å². The number of nitrogens with zero attached hydrogens (tertiary/aromatic N) is 2. The van der Waals surface area contributed by atoms with E-state index in [1.165, 1.54) is 42.0 Å². The highest BCUT2D eigenvalue weighted by Gasteiger charge is 2.47. The molecule has 3 aliphatic rings. The van der Waals surface area contributed by atoms with Gasteiger partial charge in [-0.1, -0.05) is 107 Å². The molecule has 0 spiro atoms. The van der Waals surface area contributed by atoms with Crippen molar-refractivity contribution in [1.29, 1.82) is 0 Å². The Morgan fingerprint density at radius 3 is 2.10 bits per heavy atom. The Morgan fingerprint density at radius 2 is 1.43 bits per heavy atom. The number of Topliss-reactive ketones (excluding diaryl/α,β-unsaturated/α-hetero) is 1. The first-order valence-corrected chi connectivity index (χ1v) is 18.6. The number of hydrogen-bond acceptors (Lipinski definition) is 4. The molecule has 1 N–H and O–H groups in total. The van der Waals surface area contributed by atoms with Crippen molar-refractivity contribution in [3.05, 3.63) is 119 Å². The van der Waals surface area contributed by atoms with E-state index in [1.807, 2.05) is 35.2 Å². The molecule has 0 aromatic heterocycles. The Balaban J connectivity index is 1.30. The van der Waals surface area contributed by atoms with Crippen molar-refractivity contribution in [3.8, 4) is 0 Å². The van der Waals surface area contributed by atoms with Crippen LogP contribution >= 0.6 is 0 Å². The zero-order valence-electron chi connectivity index (χ0n) is 30.5. The second-order valence-corrected chi connectivity index (χ2v) is 15.4. The van der Waals surface area contributed by atoms with Crippen LogP contribution in [-0.2, 0) is 20.4 Å². The number of aliphatic carboxylic acids is 1. The predicted octanol–water partition coefficient (Wildman–Crippen LogP) is 9.01. The van der Waals surface area contributed by atoms with Gasteiger partial charge in [-0.15, -0.1) is 0 Å². The monoisotopic (exact) mass is 680 g/mol.